The Bertz CT molecular complexity index is 586. The molecular weight excluding hydrogens is 286 g/mol. The normalized spacial score (nSPS) is 21.3. The number of sulfonamides is 1. The number of halogens is 1. The van der Waals surface area contributed by atoms with Crippen LogP contribution in [0.15, 0.2) is 23.1 Å². The molecule has 19 heavy (non-hydrogen) atoms. The first-order chi connectivity index (χ1) is 8.95. The molecule has 0 amide bonds. The third-order valence-electron chi connectivity index (χ3n) is 3.38. The Hall–Kier alpha value is -0.910. The molecule has 1 saturated heterocycles. The van der Waals surface area contributed by atoms with Gasteiger partial charge in [-0.05, 0) is 37.5 Å². The summed E-state index contributed by atoms with van der Waals surface area (Å²) in [5.74, 6) is -0.206. The van der Waals surface area contributed by atoms with Crippen molar-refractivity contribution in [3.63, 3.8) is 0 Å². The maximum absolute atomic E-state index is 12.6. The predicted octanol–water partition coefficient (Wildman–Crippen LogP) is 2.25. The number of piperidine rings is 1. The lowest BCUT2D eigenvalue weighted by Crippen LogP contribution is -2.40. The summed E-state index contributed by atoms with van der Waals surface area (Å²) >= 11 is 5.88. The average Bonchev–Trinajstić information content (AvgIpc) is 2.41. The van der Waals surface area contributed by atoms with E-state index in [1.54, 1.807) is 19.1 Å². The van der Waals surface area contributed by atoms with Crippen LogP contribution in [0.4, 0.5) is 0 Å². The molecule has 4 nitrogen and oxygen atoms in total. The minimum Gasteiger partial charge on any atom is -0.303 e. The summed E-state index contributed by atoms with van der Waals surface area (Å²) in [5.41, 5.74) is 0.664. The van der Waals surface area contributed by atoms with Crippen LogP contribution in [0.1, 0.15) is 18.4 Å². The van der Waals surface area contributed by atoms with Crippen molar-refractivity contribution in [2.45, 2.75) is 24.7 Å². The molecule has 1 aliphatic heterocycles. The molecule has 0 aliphatic carbocycles. The molecule has 1 aromatic carbocycles. The third-order valence-corrected chi connectivity index (χ3v) is 5.62. The molecule has 0 spiro atoms. The van der Waals surface area contributed by atoms with E-state index >= 15 is 0 Å². The molecule has 1 heterocycles. The molecule has 1 aliphatic rings. The number of nitrogens with zero attached hydrogens (tertiary/aromatic N) is 1. The number of aryl methyl sites for hydroxylation is 1. The summed E-state index contributed by atoms with van der Waals surface area (Å²) < 4.78 is 26.5. The van der Waals surface area contributed by atoms with E-state index < -0.39 is 10.0 Å². The number of carbonyl (C=O) groups excluding carboxylic acids is 1. The van der Waals surface area contributed by atoms with Gasteiger partial charge in [-0.1, -0.05) is 17.7 Å². The minimum atomic E-state index is -3.57. The van der Waals surface area contributed by atoms with Crippen molar-refractivity contribution in [2.75, 3.05) is 13.1 Å². The largest absolute Gasteiger partial charge is 0.303 e. The highest BCUT2D eigenvalue weighted by Crippen LogP contribution is 2.26. The van der Waals surface area contributed by atoms with Gasteiger partial charge in [0.25, 0.3) is 0 Å². The Morgan fingerprint density at radius 1 is 1.42 bits per heavy atom. The Morgan fingerprint density at radius 2 is 2.16 bits per heavy atom. The van der Waals surface area contributed by atoms with Crippen LogP contribution < -0.4 is 0 Å². The first kappa shape index (κ1) is 14.5. The number of carbonyl (C=O) groups is 1. The van der Waals surface area contributed by atoms with E-state index in [9.17, 15) is 13.2 Å². The van der Waals surface area contributed by atoms with Crippen molar-refractivity contribution >= 4 is 27.9 Å². The number of benzene rings is 1. The molecule has 0 bridgehead atoms. The molecule has 2 rings (SSSR count). The van der Waals surface area contributed by atoms with Gasteiger partial charge in [0.15, 0.2) is 0 Å². The lowest BCUT2D eigenvalue weighted by Gasteiger charge is -2.29. The second-order valence-corrected chi connectivity index (χ2v) is 7.15. The topological polar surface area (TPSA) is 54.5 Å². The molecular formula is C13H16ClNO3S. The van der Waals surface area contributed by atoms with Gasteiger partial charge in [0.05, 0.1) is 4.90 Å². The second-order valence-electron chi connectivity index (χ2n) is 4.81. The second kappa shape index (κ2) is 5.61. The zero-order chi connectivity index (χ0) is 14.0. The smallest absolute Gasteiger partial charge is 0.243 e. The predicted molar refractivity (Wildman–Crippen MR) is 73.7 cm³/mol. The highest BCUT2D eigenvalue weighted by Gasteiger charge is 2.31. The Kier molecular flexibility index (Phi) is 4.28. The monoisotopic (exact) mass is 301 g/mol. The molecule has 104 valence electrons. The van der Waals surface area contributed by atoms with Crippen molar-refractivity contribution in [1.82, 2.24) is 4.31 Å². The third kappa shape index (κ3) is 2.99. The van der Waals surface area contributed by atoms with E-state index in [4.69, 9.17) is 11.6 Å². The molecule has 0 saturated carbocycles. The maximum atomic E-state index is 12.6. The number of hydrogen-bond acceptors (Lipinski definition) is 3. The lowest BCUT2D eigenvalue weighted by molar-refractivity contribution is -0.112. The highest BCUT2D eigenvalue weighted by molar-refractivity contribution is 7.89. The van der Waals surface area contributed by atoms with Crippen LogP contribution in [-0.4, -0.2) is 32.1 Å². The SMILES string of the molecule is Cc1ccc(Cl)cc1S(=O)(=O)N1CCCC(C=O)C1. The van der Waals surface area contributed by atoms with Gasteiger partial charge in [-0.15, -0.1) is 0 Å². The van der Waals surface area contributed by atoms with Crippen LogP contribution in [0, 0.1) is 12.8 Å². The van der Waals surface area contributed by atoms with E-state index in [0.29, 0.717) is 23.6 Å². The van der Waals surface area contributed by atoms with Gasteiger partial charge in [0.1, 0.15) is 6.29 Å². The summed E-state index contributed by atoms with van der Waals surface area (Å²) in [6, 6.07) is 4.83. The van der Waals surface area contributed by atoms with Crippen molar-refractivity contribution < 1.29 is 13.2 Å². The molecule has 1 aromatic rings. The van der Waals surface area contributed by atoms with Gasteiger partial charge in [0.2, 0.25) is 10.0 Å². The minimum absolute atomic E-state index is 0.206. The first-order valence-electron chi connectivity index (χ1n) is 6.17. The van der Waals surface area contributed by atoms with E-state index in [2.05, 4.69) is 0 Å². The molecule has 0 radical (unpaired) electrons. The fourth-order valence-electron chi connectivity index (χ4n) is 2.29. The van der Waals surface area contributed by atoms with Gasteiger partial charge < -0.3 is 4.79 Å². The van der Waals surface area contributed by atoms with Gasteiger partial charge in [-0.25, -0.2) is 8.42 Å². The zero-order valence-electron chi connectivity index (χ0n) is 10.7. The molecule has 1 fully saturated rings. The molecule has 0 N–H and O–H groups in total. The van der Waals surface area contributed by atoms with Gasteiger partial charge in [-0.3, -0.25) is 0 Å². The zero-order valence-corrected chi connectivity index (χ0v) is 12.2. The number of rotatable bonds is 3. The van der Waals surface area contributed by atoms with Gasteiger partial charge >= 0.3 is 0 Å². The van der Waals surface area contributed by atoms with Crippen molar-refractivity contribution in [2.24, 2.45) is 5.92 Å². The van der Waals surface area contributed by atoms with Crippen LogP contribution in [0.25, 0.3) is 0 Å². The molecule has 6 heteroatoms. The van der Waals surface area contributed by atoms with Crippen LogP contribution in [0.5, 0.6) is 0 Å². The van der Waals surface area contributed by atoms with Crippen LogP contribution in [0.2, 0.25) is 5.02 Å². The maximum Gasteiger partial charge on any atom is 0.243 e. The summed E-state index contributed by atoms with van der Waals surface area (Å²) in [6.07, 6.45) is 2.30. The summed E-state index contributed by atoms with van der Waals surface area (Å²) in [5, 5.41) is 0.396. The van der Waals surface area contributed by atoms with Crippen molar-refractivity contribution in [3.05, 3.63) is 28.8 Å². The number of hydrogen-bond donors (Lipinski definition) is 0. The van der Waals surface area contributed by atoms with E-state index in [1.807, 2.05) is 0 Å². The summed E-state index contributed by atoms with van der Waals surface area (Å²) in [6.45, 7) is 2.46. The molecule has 1 unspecified atom stereocenters. The molecule has 0 aromatic heterocycles. The molecule has 1 atom stereocenters. The van der Waals surface area contributed by atoms with Crippen LogP contribution in [0.3, 0.4) is 0 Å². The van der Waals surface area contributed by atoms with Crippen LogP contribution >= 0.6 is 11.6 Å². The summed E-state index contributed by atoms with van der Waals surface area (Å²) in [4.78, 5) is 11.1. The summed E-state index contributed by atoms with van der Waals surface area (Å²) in [7, 11) is -3.57. The van der Waals surface area contributed by atoms with Crippen LogP contribution in [-0.2, 0) is 14.8 Å². The first-order valence-corrected chi connectivity index (χ1v) is 7.98. The number of aldehydes is 1. The van der Waals surface area contributed by atoms with Crippen molar-refractivity contribution in [1.29, 1.82) is 0 Å². The highest BCUT2D eigenvalue weighted by atomic mass is 35.5. The Morgan fingerprint density at radius 3 is 2.84 bits per heavy atom. The van der Waals surface area contributed by atoms with E-state index in [1.165, 1.54) is 10.4 Å². The standard InChI is InChI=1S/C13H16ClNO3S/c1-10-4-5-12(14)7-13(10)19(17,18)15-6-2-3-11(8-15)9-16/h4-5,7,9,11H,2-3,6,8H2,1H3. The average molecular weight is 302 g/mol. The van der Waals surface area contributed by atoms with E-state index in [-0.39, 0.29) is 17.4 Å². The van der Waals surface area contributed by atoms with Gasteiger partial charge in [0, 0.05) is 24.0 Å². The fraction of sp³-hybridized carbons (Fsp3) is 0.462. The van der Waals surface area contributed by atoms with Crippen molar-refractivity contribution in [3.8, 4) is 0 Å². The van der Waals surface area contributed by atoms with E-state index in [0.717, 1.165) is 12.7 Å². The fourth-order valence-corrected chi connectivity index (χ4v) is 4.32. The van der Waals surface area contributed by atoms with Gasteiger partial charge in [-0.2, -0.15) is 4.31 Å². The Balaban J connectivity index is 2.36. The Labute approximate surface area is 118 Å². The lowest BCUT2D eigenvalue weighted by atomic mass is 10.0. The quantitative estimate of drug-likeness (QED) is 0.805.